The van der Waals surface area contributed by atoms with Crippen molar-refractivity contribution < 1.29 is 23.9 Å². The molecule has 29 heavy (non-hydrogen) atoms. The number of esters is 1. The Hall–Kier alpha value is -2.87. The van der Waals surface area contributed by atoms with Gasteiger partial charge in [0.2, 0.25) is 5.91 Å². The maximum absolute atomic E-state index is 12.7. The van der Waals surface area contributed by atoms with Gasteiger partial charge in [-0.15, -0.1) is 0 Å². The van der Waals surface area contributed by atoms with Crippen molar-refractivity contribution in [3.63, 3.8) is 0 Å². The van der Waals surface area contributed by atoms with E-state index in [0.29, 0.717) is 23.6 Å². The molecule has 3 amide bonds. The first-order valence-electron chi connectivity index (χ1n) is 9.74. The molecule has 8 heteroatoms. The Morgan fingerprint density at radius 1 is 1.21 bits per heavy atom. The molecule has 1 saturated carbocycles. The van der Waals surface area contributed by atoms with Gasteiger partial charge in [-0.25, -0.2) is 9.59 Å². The molecule has 1 fully saturated rings. The number of anilines is 1. The fraction of sp³-hybridized carbons (Fsp3) is 0.476. The summed E-state index contributed by atoms with van der Waals surface area (Å²) in [5.41, 5.74) is 2.32. The monoisotopic (exact) mass is 401 g/mol. The number of allylic oxidation sites excluding steroid dienone is 1. The normalized spacial score (nSPS) is 19.5. The Morgan fingerprint density at radius 3 is 2.48 bits per heavy atom. The molecule has 0 aromatic heterocycles. The van der Waals surface area contributed by atoms with E-state index in [1.54, 1.807) is 38.2 Å². The Kier molecular flexibility index (Phi) is 6.53. The molecule has 2 aliphatic rings. The van der Waals surface area contributed by atoms with E-state index in [0.717, 1.165) is 24.8 Å². The van der Waals surface area contributed by atoms with Crippen LogP contribution in [-0.2, 0) is 19.1 Å². The van der Waals surface area contributed by atoms with E-state index < -0.39 is 12.0 Å². The predicted octanol–water partition coefficient (Wildman–Crippen LogP) is 2.58. The number of amides is 3. The second kappa shape index (κ2) is 9.09. The Bertz CT molecular complexity index is 814. The predicted molar refractivity (Wildman–Crippen MR) is 107 cm³/mol. The number of nitrogens with one attached hydrogen (secondary N) is 2. The number of urea groups is 1. The lowest BCUT2D eigenvalue weighted by Gasteiger charge is -2.33. The number of carbonyl (C=O) groups is 3. The average Bonchev–Trinajstić information content (AvgIpc) is 2.65. The van der Waals surface area contributed by atoms with Gasteiger partial charge in [-0.1, -0.05) is 18.6 Å². The summed E-state index contributed by atoms with van der Waals surface area (Å²) in [5, 5.41) is 5.76. The third kappa shape index (κ3) is 4.59. The first kappa shape index (κ1) is 20.9. The van der Waals surface area contributed by atoms with Crippen molar-refractivity contribution in [3.8, 4) is 0 Å². The largest absolute Gasteiger partial charge is 0.460 e. The SMILES string of the molecule is COCCOC(=O)C1=C(C)N(C)C(=O)N[C@H]1c1ccc(NC(=O)C2CCC2)cc1. The zero-order chi connectivity index (χ0) is 21.0. The molecule has 0 radical (unpaired) electrons. The molecule has 0 unspecified atom stereocenters. The van der Waals surface area contributed by atoms with Crippen LogP contribution in [0.4, 0.5) is 10.5 Å². The molecule has 1 heterocycles. The number of benzene rings is 1. The number of ether oxygens (including phenoxy) is 2. The summed E-state index contributed by atoms with van der Waals surface area (Å²) >= 11 is 0. The zero-order valence-corrected chi connectivity index (χ0v) is 17.0. The standard InChI is InChI=1S/C21H27N3O5/c1-13-17(20(26)29-12-11-28-3)18(23-21(27)24(13)2)14-7-9-16(10-8-14)22-19(25)15-5-4-6-15/h7-10,15,18H,4-6,11-12H2,1-3H3,(H,22,25)(H,23,27)/t18-/m0/s1. The highest BCUT2D eigenvalue weighted by Crippen LogP contribution is 2.32. The lowest BCUT2D eigenvalue weighted by Crippen LogP contribution is -2.46. The molecule has 1 aromatic rings. The van der Waals surface area contributed by atoms with Gasteiger partial charge in [0.15, 0.2) is 0 Å². The summed E-state index contributed by atoms with van der Waals surface area (Å²) in [6.07, 6.45) is 2.97. The van der Waals surface area contributed by atoms with Gasteiger partial charge in [-0.2, -0.15) is 0 Å². The van der Waals surface area contributed by atoms with Crippen molar-refractivity contribution in [2.45, 2.75) is 32.2 Å². The molecule has 156 valence electrons. The first-order valence-corrected chi connectivity index (χ1v) is 9.74. The average molecular weight is 401 g/mol. The quantitative estimate of drug-likeness (QED) is 0.541. The van der Waals surface area contributed by atoms with Crippen molar-refractivity contribution in [1.82, 2.24) is 10.2 Å². The van der Waals surface area contributed by atoms with Gasteiger partial charge in [0, 0.05) is 31.5 Å². The van der Waals surface area contributed by atoms with Crippen LogP contribution in [0.25, 0.3) is 0 Å². The number of hydrogen-bond acceptors (Lipinski definition) is 5. The minimum absolute atomic E-state index is 0.0368. The number of rotatable bonds is 7. The Balaban J connectivity index is 1.79. The highest BCUT2D eigenvalue weighted by atomic mass is 16.6. The highest BCUT2D eigenvalue weighted by molar-refractivity contribution is 5.95. The zero-order valence-electron chi connectivity index (χ0n) is 17.0. The number of methoxy groups -OCH3 is 1. The highest BCUT2D eigenvalue weighted by Gasteiger charge is 2.35. The van der Waals surface area contributed by atoms with E-state index in [2.05, 4.69) is 10.6 Å². The summed E-state index contributed by atoms with van der Waals surface area (Å²) in [7, 11) is 3.13. The van der Waals surface area contributed by atoms with Crippen LogP contribution in [0.15, 0.2) is 35.5 Å². The summed E-state index contributed by atoms with van der Waals surface area (Å²) in [4.78, 5) is 38.5. The van der Waals surface area contributed by atoms with E-state index in [1.165, 1.54) is 12.0 Å². The van der Waals surface area contributed by atoms with Gasteiger partial charge in [-0.3, -0.25) is 4.79 Å². The van der Waals surface area contributed by atoms with E-state index >= 15 is 0 Å². The fourth-order valence-corrected chi connectivity index (χ4v) is 3.32. The number of nitrogens with zero attached hydrogens (tertiary/aromatic N) is 1. The Morgan fingerprint density at radius 2 is 1.90 bits per heavy atom. The topological polar surface area (TPSA) is 97.0 Å². The summed E-state index contributed by atoms with van der Waals surface area (Å²) in [6.45, 7) is 2.13. The van der Waals surface area contributed by atoms with Crippen LogP contribution in [0.3, 0.4) is 0 Å². The summed E-state index contributed by atoms with van der Waals surface area (Å²) < 4.78 is 10.2. The molecule has 1 aliphatic carbocycles. The smallest absolute Gasteiger partial charge is 0.338 e. The van der Waals surface area contributed by atoms with Crippen LogP contribution in [-0.4, -0.2) is 50.2 Å². The van der Waals surface area contributed by atoms with Crippen LogP contribution in [0.2, 0.25) is 0 Å². The molecule has 1 atom stereocenters. The molecule has 3 rings (SSSR count). The van der Waals surface area contributed by atoms with Crippen LogP contribution in [0, 0.1) is 5.92 Å². The molecular formula is C21H27N3O5. The van der Waals surface area contributed by atoms with Crippen molar-refractivity contribution in [1.29, 1.82) is 0 Å². The lowest BCUT2D eigenvalue weighted by molar-refractivity contribution is -0.141. The van der Waals surface area contributed by atoms with Gasteiger partial charge < -0.3 is 25.0 Å². The summed E-state index contributed by atoms with van der Waals surface area (Å²) in [5.74, 6) is -0.365. The molecule has 0 saturated heterocycles. The molecule has 8 nitrogen and oxygen atoms in total. The molecule has 1 aliphatic heterocycles. The van der Waals surface area contributed by atoms with Gasteiger partial charge in [-0.05, 0) is 37.5 Å². The third-order valence-electron chi connectivity index (χ3n) is 5.48. The Labute approximate surface area is 170 Å². The minimum atomic E-state index is -0.634. The molecule has 1 aromatic carbocycles. The van der Waals surface area contributed by atoms with Crippen molar-refractivity contribution in [2.24, 2.45) is 5.92 Å². The van der Waals surface area contributed by atoms with E-state index in [1.807, 2.05) is 0 Å². The molecular weight excluding hydrogens is 374 g/mol. The van der Waals surface area contributed by atoms with Crippen LogP contribution < -0.4 is 10.6 Å². The van der Waals surface area contributed by atoms with E-state index in [-0.39, 0.29) is 24.5 Å². The van der Waals surface area contributed by atoms with Crippen LogP contribution in [0.5, 0.6) is 0 Å². The minimum Gasteiger partial charge on any atom is -0.460 e. The van der Waals surface area contributed by atoms with Crippen LogP contribution >= 0.6 is 0 Å². The van der Waals surface area contributed by atoms with Gasteiger partial charge in [0.1, 0.15) is 6.61 Å². The number of carbonyl (C=O) groups excluding carboxylic acids is 3. The maximum atomic E-state index is 12.7. The number of hydrogen-bond donors (Lipinski definition) is 2. The first-order chi connectivity index (χ1) is 13.9. The second-order valence-electron chi connectivity index (χ2n) is 7.31. The van der Waals surface area contributed by atoms with Gasteiger partial charge in [0.05, 0.1) is 18.2 Å². The fourth-order valence-electron chi connectivity index (χ4n) is 3.32. The van der Waals surface area contributed by atoms with Crippen LogP contribution in [0.1, 0.15) is 37.8 Å². The second-order valence-corrected chi connectivity index (χ2v) is 7.31. The third-order valence-corrected chi connectivity index (χ3v) is 5.48. The lowest BCUT2D eigenvalue weighted by atomic mass is 9.85. The molecule has 2 N–H and O–H groups in total. The van der Waals surface area contributed by atoms with Gasteiger partial charge in [0.25, 0.3) is 0 Å². The van der Waals surface area contributed by atoms with Crippen molar-refractivity contribution in [3.05, 3.63) is 41.1 Å². The van der Waals surface area contributed by atoms with Gasteiger partial charge >= 0.3 is 12.0 Å². The van der Waals surface area contributed by atoms with Crippen molar-refractivity contribution in [2.75, 3.05) is 32.7 Å². The van der Waals surface area contributed by atoms with Crippen molar-refractivity contribution >= 4 is 23.6 Å². The summed E-state index contributed by atoms with van der Waals surface area (Å²) in [6, 6.07) is 6.21. The van der Waals surface area contributed by atoms with E-state index in [4.69, 9.17) is 9.47 Å². The molecule has 0 bridgehead atoms. The maximum Gasteiger partial charge on any atom is 0.338 e. The molecule has 0 spiro atoms. The van der Waals surface area contributed by atoms with E-state index in [9.17, 15) is 14.4 Å².